The summed E-state index contributed by atoms with van der Waals surface area (Å²) in [5, 5.41) is 12.6. The van der Waals surface area contributed by atoms with E-state index in [4.69, 9.17) is 0 Å². The zero-order chi connectivity index (χ0) is 14.9. The lowest BCUT2D eigenvalue weighted by Crippen LogP contribution is -2.20. The SMILES string of the molecule is O=C(CC1CC2CCC1C2)Nc1nnc(-c2ccccc2)s1. The van der Waals surface area contributed by atoms with Crippen molar-refractivity contribution >= 4 is 22.4 Å². The Morgan fingerprint density at radius 3 is 2.77 bits per heavy atom. The summed E-state index contributed by atoms with van der Waals surface area (Å²) in [7, 11) is 0. The van der Waals surface area contributed by atoms with Crippen LogP contribution in [0.25, 0.3) is 10.6 Å². The normalized spacial score (nSPS) is 26.3. The highest BCUT2D eigenvalue weighted by molar-refractivity contribution is 7.18. The molecule has 1 N–H and O–H groups in total. The fraction of sp³-hybridized carbons (Fsp3) is 0.471. The Kier molecular flexibility index (Phi) is 3.66. The van der Waals surface area contributed by atoms with Crippen LogP contribution in [0.5, 0.6) is 0 Å². The zero-order valence-electron chi connectivity index (χ0n) is 12.4. The number of rotatable bonds is 4. The molecule has 2 aromatic rings. The second kappa shape index (κ2) is 5.80. The molecule has 1 heterocycles. The number of hydrogen-bond donors (Lipinski definition) is 1. The first-order valence-corrected chi connectivity index (χ1v) is 8.78. The molecule has 0 radical (unpaired) electrons. The molecule has 3 atom stereocenters. The van der Waals surface area contributed by atoms with E-state index < -0.39 is 0 Å². The van der Waals surface area contributed by atoms with Crippen LogP contribution in [0.3, 0.4) is 0 Å². The molecule has 2 fully saturated rings. The van der Waals surface area contributed by atoms with Gasteiger partial charge >= 0.3 is 0 Å². The van der Waals surface area contributed by atoms with Gasteiger partial charge in [0.15, 0.2) is 0 Å². The maximum atomic E-state index is 12.2. The third-order valence-corrected chi connectivity index (χ3v) is 5.91. The molecule has 0 saturated heterocycles. The van der Waals surface area contributed by atoms with E-state index in [2.05, 4.69) is 15.5 Å². The summed E-state index contributed by atoms with van der Waals surface area (Å²) in [6.45, 7) is 0. The van der Waals surface area contributed by atoms with Gasteiger partial charge in [0, 0.05) is 12.0 Å². The number of nitrogens with one attached hydrogen (secondary N) is 1. The Labute approximate surface area is 134 Å². The highest BCUT2D eigenvalue weighted by Gasteiger charge is 2.40. The van der Waals surface area contributed by atoms with Gasteiger partial charge in [-0.25, -0.2) is 0 Å². The van der Waals surface area contributed by atoms with Crippen LogP contribution in [0.4, 0.5) is 5.13 Å². The maximum absolute atomic E-state index is 12.2. The van der Waals surface area contributed by atoms with E-state index in [1.54, 1.807) is 0 Å². The predicted molar refractivity (Wildman–Crippen MR) is 87.5 cm³/mol. The standard InChI is InChI=1S/C17H19N3OS/c21-15(10-14-9-11-6-7-13(14)8-11)18-17-20-19-16(22-17)12-4-2-1-3-5-12/h1-5,11,13-14H,6-10H2,(H,18,20,21). The highest BCUT2D eigenvalue weighted by atomic mass is 32.1. The van der Waals surface area contributed by atoms with Crippen LogP contribution in [0.1, 0.15) is 32.1 Å². The van der Waals surface area contributed by atoms with Gasteiger partial charge in [0.1, 0.15) is 5.01 Å². The molecule has 0 spiro atoms. The number of carbonyl (C=O) groups excluding carboxylic acids is 1. The van der Waals surface area contributed by atoms with Crippen molar-refractivity contribution in [2.75, 3.05) is 5.32 Å². The Balaban J connectivity index is 1.37. The molecule has 4 nitrogen and oxygen atoms in total. The van der Waals surface area contributed by atoms with Crippen LogP contribution in [0.2, 0.25) is 0 Å². The number of hydrogen-bond acceptors (Lipinski definition) is 4. The molecule has 5 heteroatoms. The Morgan fingerprint density at radius 2 is 2.05 bits per heavy atom. The molecule has 2 aliphatic carbocycles. The molecule has 1 amide bonds. The van der Waals surface area contributed by atoms with Crippen LogP contribution in [0, 0.1) is 17.8 Å². The predicted octanol–water partition coefficient (Wildman–Crippen LogP) is 3.97. The first kappa shape index (κ1) is 13.9. The Morgan fingerprint density at radius 1 is 1.18 bits per heavy atom. The number of nitrogens with zero attached hydrogens (tertiary/aromatic N) is 2. The molecule has 4 rings (SSSR count). The molecule has 2 aliphatic rings. The van der Waals surface area contributed by atoms with Crippen LogP contribution < -0.4 is 5.32 Å². The van der Waals surface area contributed by atoms with Gasteiger partial charge in [-0.15, -0.1) is 10.2 Å². The first-order valence-electron chi connectivity index (χ1n) is 7.96. The van der Waals surface area contributed by atoms with Gasteiger partial charge in [0.2, 0.25) is 11.0 Å². The Bertz CT molecular complexity index is 670. The molecule has 22 heavy (non-hydrogen) atoms. The molecule has 2 saturated carbocycles. The molecule has 1 aromatic heterocycles. The molecule has 0 aliphatic heterocycles. The van der Waals surface area contributed by atoms with Crippen molar-refractivity contribution in [1.29, 1.82) is 0 Å². The molecule has 1 aromatic carbocycles. The maximum Gasteiger partial charge on any atom is 0.226 e. The minimum Gasteiger partial charge on any atom is -0.301 e. The molecular formula is C17H19N3OS. The third kappa shape index (κ3) is 2.77. The van der Waals surface area contributed by atoms with E-state index >= 15 is 0 Å². The van der Waals surface area contributed by atoms with E-state index in [0.29, 0.717) is 17.5 Å². The van der Waals surface area contributed by atoms with Gasteiger partial charge in [-0.2, -0.15) is 0 Å². The largest absolute Gasteiger partial charge is 0.301 e. The van der Waals surface area contributed by atoms with Crippen molar-refractivity contribution in [2.24, 2.45) is 17.8 Å². The molecule has 114 valence electrons. The summed E-state index contributed by atoms with van der Waals surface area (Å²) in [6, 6.07) is 9.93. The van der Waals surface area contributed by atoms with Crippen LogP contribution >= 0.6 is 11.3 Å². The van der Waals surface area contributed by atoms with Gasteiger partial charge in [0.25, 0.3) is 0 Å². The van der Waals surface area contributed by atoms with Crippen molar-refractivity contribution in [3.63, 3.8) is 0 Å². The molecular weight excluding hydrogens is 294 g/mol. The van der Waals surface area contributed by atoms with Gasteiger partial charge < -0.3 is 5.32 Å². The number of fused-ring (bicyclic) bond motifs is 2. The van der Waals surface area contributed by atoms with E-state index in [9.17, 15) is 4.79 Å². The van der Waals surface area contributed by atoms with Gasteiger partial charge in [-0.3, -0.25) is 4.79 Å². The molecule has 3 unspecified atom stereocenters. The average Bonchev–Trinajstić information content (AvgIpc) is 3.24. The quantitative estimate of drug-likeness (QED) is 0.929. The van der Waals surface area contributed by atoms with Crippen molar-refractivity contribution in [3.05, 3.63) is 30.3 Å². The monoisotopic (exact) mass is 313 g/mol. The number of amides is 1. The van der Waals surface area contributed by atoms with Crippen LogP contribution in [-0.2, 0) is 4.79 Å². The molecule has 2 bridgehead atoms. The van der Waals surface area contributed by atoms with E-state index in [1.165, 1.54) is 37.0 Å². The van der Waals surface area contributed by atoms with Crippen LogP contribution in [0.15, 0.2) is 30.3 Å². The number of aromatic nitrogens is 2. The summed E-state index contributed by atoms with van der Waals surface area (Å²) in [6.07, 6.45) is 5.92. The highest BCUT2D eigenvalue weighted by Crippen LogP contribution is 2.49. The van der Waals surface area contributed by atoms with Crippen molar-refractivity contribution in [3.8, 4) is 10.6 Å². The average molecular weight is 313 g/mol. The van der Waals surface area contributed by atoms with Crippen molar-refractivity contribution in [1.82, 2.24) is 10.2 Å². The third-order valence-electron chi connectivity index (χ3n) is 5.02. The summed E-state index contributed by atoms with van der Waals surface area (Å²) < 4.78 is 0. The van der Waals surface area contributed by atoms with Gasteiger partial charge in [-0.05, 0) is 37.0 Å². The fourth-order valence-corrected chi connectivity index (χ4v) is 4.77. The minimum atomic E-state index is 0.0910. The van der Waals surface area contributed by atoms with E-state index in [1.807, 2.05) is 30.3 Å². The number of benzene rings is 1. The second-order valence-electron chi connectivity index (χ2n) is 6.47. The number of anilines is 1. The Hall–Kier alpha value is -1.75. The van der Waals surface area contributed by atoms with Crippen molar-refractivity contribution < 1.29 is 4.79 Å². The van der Waals surface area contributed by atoms with Crippen LogP contribution in [-0.4, -0.2) is 16.1 Å². The topological polar surface area (TPSA) is 54.9 Å². The fourth-order valence-electron chi connectivity index (χ4n) is 4.01. The van der Waals surface area contributed by atoms with Crippen molar-refractivity contribution in [2.45, 2.75) is 32.1 Å². The van der Waals surface area contributed by atoms with Gasteiger partial charge in [-0.1, -0.05) is 48.1 Å². The summed E-state index contributed by atoms with van der Waals surface area (Å²) in [5.74, 6) is 2.34. The summed E-state index contributed by atoms with van der Waals surface area (Å²) >= 11 is 1.43. The first-order chi connectivity index (χ1) is 10.8. The number of carbonyl (C=O) groups is 1. The second-order valence-corrected chi connectivity index (χ2v) is 7.44. The smallest absolute Gasteiger partial charge is 0.226 e. The zero-order valence-corrected chi connectivity index (χ0v) is 13.2. The summed E-state index contributed by atoms with van der Waals surface area (Å²) in [4.78, 5) is 12.2. The lowest BCUT2D eigenvalue weighted by molar-refractivity contribution is -0.117. The summed E-state index contributed by atoms with van der Waals surface area (Å²) in [5.41, 5.74) is 1.04. The van der Waals surface area contributed by atoms with E-state index in [-0.39, 0.29) is 5.91 Å². The lowest BCUT2D eigenvalue weighted by atomic mass is 9.86. The lowest BCUT2D eigenvalue weighted by Gasteiger charge is -2.20. The van der Waals surface area contributed by atoms with Gasteiger partial charge in [0.05, 0.1) is 0 Å². The minimum absolute atomic E-state index is 0.0910. The van der Waals surface area contributed by atoms with E-state index in [0.717, 1.165) is 22.4 Å².